The molecule has 0 radical (unpaired) electrons. The van der Waals surface area contributed by atoms with Gasteiger partial charge in [0.15, 0.2) is 0 Å². The van der Waals surface area contributed by atoms with Gasteiger partial charge >= 0.3 is 0 Å². The molecule has 2 N–H and O–H groups in total. The molecule has 21 heavy (non-hydrogen) atoms. The molecule has 0 aliphatic rings. The van der Waals surface area contributed by atoms with Crippen LogP contribution in [0.4, 0.5) is 11.4 Å². The van der Waals surface area contributed by atoms with Gasteiger partial charge in [0.05, 0.1) is 11.0 Å². The Hall–Kier alpha value is -1.92. The molecule has 5 nitrogen and oxygen atoms in total. The number of benzene rings is 2. The topological polar surface area (TPSA) is 75.4 Å². The van der Waals surface area contributed by atoms with Gasteiger partial charge in [0, 0.05) is 28.8 Å². The number of nitrogens with zero attached hydrogens (tertiary/aromatic N) is 1. The molecule has 0 aromatic heterocycles. The monoisotopic (exact) mass is 350 g/mol. The summed E-state index contributed by atoms with van der Waals surface area (Å²) in [6, 6.07) is 11.8. The SMILES string of the molecule is Cc1cc(Br)ccc1NCC(O)c1ccc([N+](=O)[O-])cc1. The Labute approximate surface area is 130 Å². The molecule has 0 spiro atoms. The molecule has 2 rings (SSSR count). The van der Waals surface area contributed by atoms with Crippen LogP contribution in [0.5, 0.6) is 0 Å². The van der Waals surface area contributed by atoms with E-state index in [0.717, 1.165) is 15.7 Å². The molecule has 0 saturated carbocycles. The highest BCUT2D eigenvalue weighted by molar-refractivity contribution is 9.10. The number of nitrogens with one attached hydrogen (secondary N) is 1. The molecular formula is C15H15BrN2O3. The first-order chi connectivity index (χ1) is 9.97. The van der Waals surface area contributed by atoms with Crippen molar-refractivity contribution in [2.24, 2.45) is 0 Å². The van der Waals surface area contributed by atoms with Crippen molar-refractivity contribution in [3.05, 3.63) is 68.2 Å². The van der Waals surface area contributed by atoms with Crippen molar-refractivity contribution in [1.82, 2.24) is 0 Å². The summed E-state index contributed by atoms with van der Waals surface area (Å²) < 4.78 is 1.00. The number of aliphatic hydroxyl groups excluding tert-OH is 1. The molecule has 1 atom stereocenters. The molecule has 0 aliphatic heterocycles. The fourth-order valence-electron chi connectivity index (χ4n) is 1.97. The quantitative estimate of drug-likeness (QED) is 0.634. The zero-order chi connectivity index (χ0) is 15.4. The third kappa shape index (κ3) is 4.03. The third-order valence-electron chi connectivity index (χ3n) is 3.16. The van der Waals surface area contributed by atoms with E-state index in [1.54, 1.807) is 12.1 Å². The van der Waals surface area contributed by atoms with Crippen LogP contribution in [0.15, 0.2) is 46.9 Å². The second-order valence-corrected chi connectivity index (χ2v) is 5.62. The summed E-state index contributed by atoms with van der Waals surface area (Å²) in [4.78, 5) is 10.1. The number of hydrogen-bond acceptors (Lipinski definition) is 4. The van der Waals surface area contributed by atoms with E-state index in [0.29, 0.717) is 12.1 Å². The lowest BCUT2D eigenvalue weighted by molar-refractivity contribution is -0.384. The number of hydrogen-bond donors (Lipinski definition) is 2. The van der Waals surface area contributed by atoms with Crippen molar-refractivity contribution in [3.63, 3.8) is 0 Å². The van der Waals surface area contributed by atoms with Crippen LogP contribution in [-0.4, -0.2) is 16.6 Å². The summed E-state index contributed by atoms with van der Waals surface area (Å²) in [6.07, 6.45) is -0.728. The second-order valence-electron chi connectivity index (χ2n) is 4.70. The molecule has 2 aromatic carbocycles. The van der Waals surface area contributed by atoms with Crippen molar-refractivity contribution in [3.8, 4) is 0 Å². The Morgan fingerprint density at radius 1 is 1.29 bits per heavy atom. The van der Waals surface area contributed by atoms with Crippen molar-refractivity contribution >= 4 is 27.3 Å². The summed E-state index contributed by atoms with van der Waals surface area (Å²) in [6.45, 7) is 2.31. The predicted octanol–water partition coefficient (Wildman–Crippen LogP) is 3.81. The number of anilines is 1. The summed E-state index contributed by atoms with van der Waals surface area (Å²) >= 11 is 3.40. The molecule has 6 heteroatoms. The van der Waals surface area contributed by atoms with Gasteiger partial charge in [-0.2, -0.15) is 0 Å². The lowest BCUT2D eigenvalue weighted by atomic mass is 10.1. The molecule has 1 unspecified atom stereocenters. The first-order valence-electron chi connectivity index (χ1n) is 6.40. The zero-order valence-corrected chi connectivity index (χ0v) is 13.0. The number of nitro groups is 1. The first-order valence-corrected chi connectivity index (χ1v) is 7.19. The normalized spacial score (nSPS) is 12.0. The van der Waals surface area contributed by atoms with E-state index in [9.17, 15) is 15.2 Å². The van der Waals surface area contributed by atoms with Crippen LogP contribution in [0.25, 0.3) is 0 Å². The Morgan fingerprint density at radius 3 is 2.52 bits per heavy atom. The predicted molar refractivity (Wildman–Crippen MR) is 85.4 cm³/mol. The number of halogens is 1. The molecule has 0 saturated heterocycles. The minimum Gasteiger partial charge on any atom is -0.387 e. The number of rotatable bonds is 5. The maximum absolute atomic E-state index is 10.6. The summed E-state index contributed by atoms with van der Waals surface area (Å²) in [7, 11) is 0. The van der Waals surface area contributed by atoms with Gasteiger partial charge in [-0.05, 0) is 48.4 Å². The van der Waals surface area contributed by atoms with Crippen molar-refractivity contribution in [2.45, 2.75) is 13.0 Å². The van der Waals surface area contributed by atoms with Gasteiger partial charge in [-0.1, -0.05) is 15.9 Å². The number of aliphatic hydroxyl groups is 1. The van der Waals surface area contributed by atoms with E-state index in [1.807, 2.05) is 25.1 Å². The van der Waals surface area contributed by atoms with Gasteiger partial charge < -0.3 is 10.4 Å². The fourth-order valence-corrected chi connectivity index (χ4v) is 2.44. The van der Waals surface area contributed by atoms with E-state index in [1.165, 1.54) is 12.1 Å². The molecular weight excluding hydrogens is 336 g/mol. The van der Waals surface area contributed by atoms with Gasteiger partial charge in [-0.3, -0.25) is 10.1 Å². The lowest BCUT2D eigenvalue weighted by Crippen LogP contribution is -2.12. The van der Waals surface area contributed by atoms with Crippen LogP contribution in [0.2, 0.25) is 0 Å². The van der Waals surface area contributed by atoms with Gasteiger partial charge in [0.2, 0.25) is 0 Å². The maximum Gasteiger partial charge on any atom is 0.269 e. The van der Waals surface area contributed by atoms with E-state index in [4.69, 9.17) is 0 Å². The van der Waals surface area contributed by atoms with Crippen LogP contribution >= 0.6 is 15.9 Å². The van der Waals surface area contributed by atoms with Gasteiger partial charge in [0.1, 0.15) is 0 Å². The first kappa shape index (κ1) is 15.5. The van der Waals surface area contributed by atoms with Crippen LogP contribution in [0, 0.1) is 17.0 Å². The van der Waals surface area contributed by atoms with E-state index >= 15 is 0 Å². The van der Waals surface area contributed by atoms with Crippen molar-refractivity contribution in [2.75, 3.05) is 11.9 Å². The average molecular weight is 351 g/mol. The number of aryl methyl sites for hydroxylation is 1. The van der Waals surface area contributed by atoms with Crippen molar-refractivity contribution < 1.29 is 10.0 Å². The van der Waals surface area contributed by atoms with Crippen molar-refractivity contribution in [1.29, 1.82) is 0 Å². The smallest absolute Gasteiger partial charge is 0.269 e. The highest BCUT2D eigenvalue weighted by Crippen LogP contribution is 2.22. The minimum absolute atomic E-state index is 0.0164. The number of non-ortho nitro benzene ring substituents is 1. The molecule has 0 amide bonds. The van der Waals surface area contributed by atoms with E-state index in [2.05, 4.69) is 21.2 Å². The highest BCUT2D eigenvalue weighted by atomic mass is 79.9. The maximum atomic E-state index is 10.6. The molecule has 0 heterocycles. The van der Waals surface area contributed by atoms with Crippen LogP contribution in [0.1, 0.15) is 17.2 Å². The van der Waals surface area contributed by atoms with Gasteiger partial charge in [0.25, 0.3) is 5.69 Å². The third-order valence-corrected chi connectivity index (χ3v) is 3.66. The lowest BCUT2D eigenvalue weighted by Gasteiger charge is -2.14. The zero-order valence-electron chi connectivity index (χ0n) is 11.4. The Morgan fingerprint density at radius 2 is 1.95 bits per heavy atom. The summed E-state index contributed by atoms with van der Waals surface area (Å²) in [5.74, 6) is 0. The standard InChI is InChI=1S/C15H15BrN2O3/c1-10-8-12(16)4-7-14(10)17-9-15(19)11-2-5-13(6-3-11)18(20)21/h2-8,15,17,19H,9H2,1H3. The molecule has 2 aromatic rings. The number of nitro benzene ring substituents is 1. The average Bonchev–Trinajstić information content (AvgIpc) is 2.46. The van der Waals surface area contributed by atoms with E-state index in [-0.39, 0.29) is 5.69 Å². The van der Waals surface area contributed by atoms with Crippen LogP contribution in [0.3, 0.4) is 0 Å². The highest BCUT2D eigenvalue weighted by Gasteiger charge is 2.11. The molecule has 110 valence electrons. The Bertz CT molecular complexity index is 644. The fraction of sp³-hybridized carbons (Fsp3) is 0.200. The van der Waals surface area contributed by atoms with E-state index < -0.39 is 11.0 Å². The molecule has 0 fully saturated rings. The minimum atomic E-state index is -0.728. The van der Waals surface area contributed by atoms with Crippen LogP contribution < -0.4 is 5.32 Å². The Kier molecular flexibility index (Phi) is 4.93. The summed E-state index contributed by atoms with van der Waals surface area (Å²) in [5.41, 5.74) is 2.67. The molecule has 0 bridgehead atoms. The Balaban J connectivity index is 2.01. The summed E-state index contributed by atoms with van der Waals surface area (Å²) in [5, 5.41) is 23.9. The van der Waals surface area contributed by atoms with Crippen LogP contribution in [-0.2, 0) is 0 Å². The second kappa shape index (κ2) is 6.69. The van der Waals surface area contributed by atoms with Gasteiger partial charge in [-0.25, -0.2) is 0 Å². The van der Waals surface area contributed by atoms with Gasteiger partial charge in [-0.15, -0.1) is 0 Å². The molecule has 0 aliphatic carbocycles. The largest absolute Gasteiger partial charge is 0.387 e.